The van der Waals surface area contributed by atoms with Crippen LogP contribution in [0.1, 0.15) is 27.9 Å². The second-order valence-electron chi connectivity index (χ2n) is 6.98. The van der Waals surface area contributed by atoms with Crippen LogP contribution < -0.4 is 5.73 Å². The minimum absolute atomic E-state index is 0.0593. The minimum atomic E-state index is 0.0593. The molecule has 2 N–H and O–H groups in total. The van der Waals surface area contributed by atoms with Crippen LogP contribution >= 0.6 is 0 Å². The summed E-state index contributed by atoms with van der Waals surface area (Å²) in [4.78, 5) is 21.3. The van der Waals surface area contributed by atoms with Crippen molar-refractivity contribution >= 4 is 11.7 Å². The molecule has 4 rings (SSSR count). The average molecular weight is 336 g/mol. The van der Waals surface area contributed by atoms with E-state index in [0.29, 0.717) is 17.4 Å². The number of pyridine rings is 1. The van der Waals surface area contributed by atoms with Gasteiger partial charge in [0.2, 0.25) is 0 Å². The van der Waals surface area contributed by atoms with Gasteiger partial charge in [-0.1, -0.05) is 24.3 Å². The van der Waals surface area contributed by atoms with Crippen molar-refractivity contribution in [3.05, 3.63) is 59.3 Å². The summed E-state index contributed by atoms with van der Waals surface area (Å²) < 4.78 is 0. The first-order chi connectivity index (χ1) is 12.2. The predicted octanol–water partition coefficient (Wildman–Crippen LogP) is 1.98. The average Bonchev–Trinajstić information content (AvgIpc) is 2.91. The van der Waals surface area contributed by atoms with Crippen LogP contribution in [0.4, 0.5) is 5.82 Å². The monoisotopic (exact) mass is 336 g/mol. The third-order valence-electron chi connectivity index (χ3n) is 5.40. The Labute approximate surface area is 148 Å². The van der Waals surface area contributed by atoms with E-state index in [9.17, 15) is 4.79 Å². The fraction of sp³-hybridized carbons (Fsp3) is 0.400. The zero-order valence-electron chi connectivity index (χ0n) is 14.4. The Hall–Kier alpha value is -2.40. The fourth-order valence-corrected chi connectivity index (χ4v) is 4.01. The van der Waals surface area contributed by atoms with E-state index in [1.54, 1.807) is 18.3 Å². The van der Waals surface area contributed by atoms with E-state index < -0.39 is 0 Å². The van der Waals surface area contributed by atoms with Gasteiger partial charge in [-0.05, 0) is 42.5 Å². The molecule has 1 amide bonds. The number of aromatic nitrogens is 1. The predicted molar refractivity (Wildman–Crippen MR) is 98.4 cm³/mol. The third-order valence-corrected chi connectivity index (χ3v) is 5.40. The molecule has 0 spiro atoms. The summed E-state index contributed by atoms with van der Waals surface area (Å²) in [5.41, 5.74) is 9.20. The number of hydrogen-bond acceptors (Lipinski definition) is 4. The normalized spacial score (nSPS) is 18.8. The van der Waals surface area contributed by atoms with Gasteiger partial charge in [0, 0.05) is 38.4 Å². The Morgan fingerprint density at radius 2 is 1.76 bits per heavy atom. The summed E-state index contributed by atoms with van der Waals surface area (Å²) in [5, 5.41) is 0. The van der Waals surface area contributed by atoms with Crippen molar-refractivity contribution < 1.29 is 4.79 Å². The second-order valence-corrected chi connectivity index (χ2v) is 6.98. The number of rotatable bonds is 2. The van der Waals surface area contributed by atoms with Crippen LogP contribution in [0.15, 0.2) is 42.6 Å². The lowest BCUT2D eigenvalue weighted by Gasteiger charge is -2.27. The maximum absolute atomic E-state index is 12.7. The van der Waals surface area contributed by atoms with Gasteiger partial charge in [0.15, 0.2) is 0 Å². The van der Waals surface area contributed by atoms with Crippen LogP contribution in [0.2, 0.25) is 0 Å². The first-order valence-electron chi connectivity index (χ1n) is 9.02. The van der Waals surface area contributed by atoms with Crippen LogP contribution in [-0.4, -0.2) is 52.9 Å². The van der Waals surface area contributed by atoms with E-state index in [2.05, 4.69) is 34.1 Å². The van der Waals surface area contributed by atoms with Gasteiger partial charge >= 0.3 is 0 Å². The molecule has 0 unspecified atom stereocenters. The van der Waals surface area contributed by atoms with Gasteiger partial charge in [-0.2, -0.15) is 0 Å². The molecule has 0 saturated carbocycles. The number of carbonyl (C=O) groups excluding carboxylic acids is 1. The van der Waals surface area contributed by atoms with Crippen LogP contribution in [0.3, 0.4) is 0 Å². The van der Waals surface area contributed by atoms with Crippen LogP contribution in [0, 0.1) is 0 Å². The lowest BCUT2D eigenvalue weighted by molar-refractivity contribution is 0.0758. The number of nitrogens with two attached hydrogens (primary N) is 1. The highest BCUT2D eigenvalue weighted by atomic mass is 16.2. The molecule has 2 aliphatic rings. The van der Waals surface area contributed by atoms with Crippen molar-refractivity contribution in [2.24, 2.45) is 0 Å². The molecule has 1 saturated heterocycles. The molecule has 130 valence electrons. The first-order valence-corrected chi connectivity index (χ1v) is 9.02. The van der Waals surface area contributed by atoms with Crippen molar-refractivity contribution in [1.82, 2.24) is 14.8 Å². The van der Waals surface area contributed by atoms with E-state index in [4.69, 9.17) is 5.73 Å². The molecule has 2 aromatic rings. The Morgan fingerprint density at radius 3 is 2.44 bits per heavy atom. The molecule has 1 aliphatic carbocycles. The molecule has 5 nitrogen and oxygen atoms in total. The van der Waals surface area contributed by atoms with E-state index in [1.807, 2.05) is 4.90 Å². The van der Waals surface area contributed by atoms with Crippen molar-refractivity contribution in [3.8, 4) is 0 Å². The Bertz CT molecular complexity index is 734. The van der Waals surface area contributed by atoms with E-state index in [-0.39, 0.29) is 5.91 Å². The Kier molecular flexibility index (Phi) is 4.40. The molecule has 2 heterocycles. The number of amides is 1. The number of fused-ring (bicyclic) bond motifs is 1. The van der Waals surface area contributed by atoms with Gasteiger partial charge in [0.05, 0.1) is 5.56 Å². The number of nitrogen functional groups attached to an aromatic ring is 1. The van der Waals surface area contributed by atoms with Crippen LogP contribution in [0.5, 0.6) is 0 Å². The summed E-state index contributed by atoms with van der Waals surface area (Å²) in [7, 11) is 0. The van der Waals surface area contributed by atoms with Gasteiger partial charge in [-0.3, -0.25) is 9.69 Å². The summed E-state index contributed by atoms with van der Waals surface area (Å²) >= 11 is 0. The lowest BCUT2D eigenvalue weighted by Crippen LogP contribution is -2.40. The summed E-state index contributed by atoms with van der Waals surface area (Å²) in [6, 6.07) is 12.8. The topological polar surface area (TPSA) is 62.5 Å². The molecule has 0 radical (unpaired) electrons. The smallest absolute Gasteiger partial charge is 0.255 e. The molecule has 0 bridgehead atoms. The zero-order chi connectivity index (χ0) is 17.2. The van der Waals surface area contributed by atoms with Gasteiger partial charge < -0.3 is 10.6 Å². The summed E-state index contributed by atoms with van der Waals surface area (Å²) in [6.07, 6.45) is 4.85. The van der Waals surface area contributed by atoms with Gasteiger partial charge in [0.25, 0.3) is 5.91 Å². The zero-order valence-corrected chi connectivity index (χ0v) is 14.4. The lowest BCUT2D eigenvalue weighted by atomic mass is 10.1. The highest BCUT2D eigenvalue weighted by Crippen LogP contribution is 2.26. The van der Waals surface area contributed by atoms with Crippen molar-refractivity contribution in [2.75, 3.05) is 31.9 Å². The molecule has 0 atom stereocenters. The number of nitrogens with zero attached hydrogens (tertiary/aromatic N) is 3. The molecular formula is C20H24N4O. The highest BCUT2D eigenvalue weighted by Gasteiger charge is 2.29. The van der Waals surface area contributed by atoms with Crippen LogP contribution in [-0.2, 0) is 12.8 Å². The van der Waals surface area contributed by atoms with Gasteiger partial charge in [0.1, 0.15) is 5.82 Å². The maximum atomic E-state index is 12.7. The fourth-order valence-electron chi connectivity index (χ4n) is 4.01. The molecule has 1 aliphatic heterocycles. The van der Waals surface area contributed by atoms with E-state index >= 15 is 0 Å². The maximum Gasteiger partial charge on any atom is 0.255 e. The van der Waals surface area contributed by atoms with E-state index in [1.165, 1.54) is 11.1 Å². The molecule has 1 aromatic heterocycles. The van der Waals surface area contributed by atoms with Gasteiger partial charge in [-0.15, -0.1) is 0 Å². The molecule has 5 heteroatoms. The number of carbonyl (C=O) groups is 1. The highest BCUT2D eigenvalue weighted by molar-refractivity contribution is 5.94. The first kappa shape index (κ1) is 16.1. The largest absolute Gasteiger partial charge is 0.384 e. The van der Waals surface area contributed by atoms with Crippen LogP contribution in [0.25, 0.3) is 0 Å². The van der Waals surface area contributed by atoms with E-state index in [0.717, 1.165) is 45.4 Å². The quantitative estimate of drug-likeness (QED) is 0.911. The molecule has 25 heavy (non-hydrogen) atoms. The Balaban J connectivity index is 1.39. The van der Waals surface area contributed by atoms with Crippen molar-refractivity contribution in [3.63, 3.8) is 0 Å². The third kappa shape index (κ3) is 3.37. The summed E-state index contributed by atoms with van der Waals surface area (Å²) in [5.74, 6) is 0.503. The molecule has 1 aromatic carbocycles. The number of hydrogen-bond donors (Lipinski definition) is 1. The molecule has 1 fully saturated rings. The Morgan fingerprint density at radius 1 is 1.00 bits per heavy atom. The number of benzene rings is 1. The standard InChI is InChI=1S/C20H24N4O/c21-19-7-6-17(14-22-19)20(25)24-9-3-8-23(10-11-24)18-12-15-4-1-2-5-16(15)13-18/h1-2,4-7,14,18H,3,8-13H2,(H2,21,22). The minimum Gasteiger partial charge on any atom is -0.384 e. The second kappa shape index (κ2) is 6.84. The van der Waals surface area contributed by atoms with Crippen molar-refractivity contribution in [1.29, 1.82) is 0 Å². The van der Waals surface area contributed by atoms with Crippen molar-refractivity contribution in [2.45, 2.75) is 25.3 Å². The SMILES string of the molecule is Nc1ccc(C(=O)N2CCCN(C3Cc4ccccc4C3)CC2)cn1. The molecular weight excluding hydrogens is 312 g/mol. The number of anilines is 1. The summed E-state index contributed by atoms with van der Waals surface area (Å²) in [6.45, 7) is 3.57. The van der Waals surface area contributed by atoms with Gasteiger partial charge in [-0.25, -0.2) is 4.98 Å².